The van der Waals surface area contributed by atoms with E-state index >= 15 is 0 Å². The third-order valence-electron chi connectivity index (χ3n) is 3.65. The van der Waals surface area contributed by atoms with Crippen LogP contribution in [0.25, 0.3) is 10.8 Å². The number of aryl methyl sites for hydroxylation is 2. The lowest BCUT2D eigenvalue weighted by Gasteiger charge is -2.08. The predicted molar refractivity (Wildman–Crippen MR) is 96.6 cm³/mol. The Morgan fingerprint density at radius 3 is 2.61 bits per heavy atom. The van der Waals surface area contributed by atoms with Crippen molar-refractivity contribution < 1.29 is 0 Å². The number of hydrogen-bond acceptors (Lipinski definition) is 2. The second-order valence-corrected chi connectivity index (χ2v) is 5.68. The van der Waals surface area contributed by atoms with E-state index in [-0.39, 0.29) is 0 Å². The van der Waals surface area contributed by atoms with Crippen LogP contribution in [-0.2, 0) is 6.54 Å². The first-order valence-corrected chi connectivity index (χ1v) is 7.60. The first kappa shape index (κ1) is 15.0. The van der Waals surface area contributed by atoms with Crippen LogP contribution in [0.1, 0.15) is 16.8 Å². The van der Waals surface area contributed by atoms with Crippen molar-refractivity contribution in [1.82, 2.24) is 4.98 Å². The van der Waals surface area contributed by atoms with Crippen molar-refractivity contribution in [3.05, 3.63) is 71.5 Å². The average molecular weight is 304 g/mol. The molecule has 3 rings (SSSR count). The molecule has 4 nitrogen and oxygen atoms in total. The zero-order valence-corrected chi connectivity index (χ0v) is 13.4. The fourth-order valence-electron chi connectivity index (χ4n) is 2.70. The molecule has 1 aromatic heterocycles. The Balaban J connectivity index is 1.78. The number of aromatic nitrogens is 1. The molecule has 0 bridgehead atoms. The largest absolute Gasteiger partial charge is 0.370 e. The van der Waals surface area contributed by atoms with Gasteiger partial charge >= 0.3 is 0 Å². The van der Waals surface area contributed by atoms with Crippen molar-refractivity contribution in [3.8, 4) is 0 Å². The van der Waals surface area contributed by atoms with Gasteiger partial charge in [0, 0.05) is 17.3 Å². The lowest BCUT2D eigenvalue weighted by atomic mass is 10.1. The fraction of sp³-hybridized carbons (Fsp3) is 0.158. The maximum Gasteiger partial charge on any atom is 0.193 e. The normalized spacial score (nSPS) is 11.7. The van der Waals surface area contributed by atoms with Crippen LogP contribution in [0.2, 0.25) is 0 Å². The minimum Gasteiger partial charge on any atom is -0.370 e. The molecular formula is C19H20N4. The number of anilines is 1. The van der Waals surface area contributed by atoms with Gasteiger partial charge in [0.1, 0.15) is 0 Å². The highest BCUT2D eigenvalue weighted by molar-refractivity contribution is 5.92. The summed E-state index contributed by atoms with van der Waals surface area (Å²) in [6.45, 7) is 4.57. The quantitative estimate of drug-likeness (QED) is 0.572. The molecule has 4 heteroatoms. The van der Waals surface area contributed by atoms with Gasteiger partial charge in [-0.05, 0) is 48.6 Å². The number of guanidine groups is 1. The maximum absolute atomic E-state index is 6.01. The van der Waals surface area contributed by atoms with Gasteiger partial charge in [0.2, 0.25) is 0 Å². The Kier molecular flexibility index (Phi) is 4.24. The summed E-state index contributed by atoms with van der Waals surface area (Å²) in [6, 6.07) is 16.4. The standard InChI is InChI=1S/C19H20N4/c1-13-9-14(2)11-16(10-13)23-19(20)22-12-18-17-6-4-3-5-15(17)7-8-21-18/h3-11H,12H2,1-2H3,(H3,20,22,23). The van der Waals surface area contributed by atoms with E-state index in [1.165, 1.54) is 11.1 Å². The summed E-state index contributed by atoms with van der Waals surface area (Å²) in [7, 11) is 0. The van der Waals surface area contributed by atoms with Crippen molar-refractivity contribution in [2.24, 2.45) is 10.7 Å². The molecule has 0 aliphatic rings. The third kappa shape index (κ3) is 3.66. The third-order valence-corrected chi connectivity index (χ3v) is 3.65. The highest BCUT2D eigenvalue weighted by Gasteiger charge is 2.02. The second kappa shape index (κ2) is 6.48. The Bertz CT molecular complexity index is 843. The number of aliphatic imine (C=N–C) groups is 1. The number of nitrogens with two attached hydrogens (primary N) is 1. The van der Waals surface area contributed by atoms with Crippen LogP contribution in [0, 0.1) is 13.8 Å². The number of benzene rings is 2. The Morgan fingerprint density at radius 1 is 1.09 bits per heavy atom. The highest BCUT2D eigenvalue weighted by Crippen LogP contribution is 2.17. The van der Waals surface area contributed by atoms with Crippen LogP contribution in [0.5, 0.6) is 0 Å². The summed E-state index contributed by atoms with van der Waals surface area (Å²) in [6.07, 6.45) is 1.81. The van der Waals surface area contributed by atoms with Crippen LogP contribution in [0.15, 0.2) is 59.7 Å². The van der Waals surface area contributed by atoms with Crippen LogP contribution >= 0.6 is 0 Å². The molecule has 23 heavy (non-hydrogen) atoms. The SMILES string of the molecule is Cc1cc(C)cc(NC(N)=NCc2nccc3ccccc23)c1. The first-order chi connectivity index (χ1) is 11.1. The molecule has 0 aliphatic heterocycles. The highest BCUT2D eigenvalue weighted by atomic mass is 15.1. The minimum atomic E-state index is 0.393. The molecule has 0 fully saturated rings. The molecule has 0 unspecified atom stereocenters. The van der Waals surface area contributed by atoms with Gasteiger partial charge in [-0.25, -0.2) is 4.99 Å². The van der Waals surface area contributed by atoms with Crippen molar-refractivity contribution >= 4 is 22.4 Å². The zero-order valence-electron chi connectivity index (χ0n) is 13.4. The molecule has 0 spiro atoms. The summed E-state index contributed by atoms with van der Waals surface area (Å²) >= 11 is 0. The summed E-state index contributed by atoms with van der Waals surface area (Å²) in [5, 5.41) is 5.41. The van der Waals surface area contributed by atoms with E-state index in [0.717, 1.165) is 22.2 Å². The molecular weight excluding hydrogens is 284 g/mol. The van der Waals surface area contributed by atoms with Crippen LogP contribution in [0.3, 0.4) is 0 Å². The smallest absolute Gasteiger partial charge is 0.193 e. The molecule has 3 N–H and O–H groups in total. The van der Waals surface area contributed by atoms with Gasteiger partial charge in [-0.1, -0.05) is 30.3 Å². The minimum absolute atomic E-state index is 0.393. The van der Waals surface area contributed by atoms with Gasteiger partial charge in [0.05, 0.1) is 12.2 Å². The summed E-state index contributed by atoms with van der Waals surface area (Å²) in [5.74, 6) is 0.393. The van der Waals surface area contributed by atoms with E-state index in [4.69, 9.17) is 5.73 Å². The van der Waals surface area contributed by atoms with E-state index in [1.54, 1.807) is 6.20 Å². The average Bonchev–Trinajstić information content (AvgIpc) is 2.52. The Hall–Kier alpha value is -2.88. The van der Waals surface area contributed by atoms with E-state index in [1.807, 2.05) is 30.3 Å². The molecule has 0 saturated carbocycles. The molecule has 0 atom stereocenters. The van der Waals surface area contributed by atoms with Crippen molar-refractivity contribution in [3.63, 3.8) is 0 Å². The molecule has 0 radical (unpaired) electrons. The number of hydrogen-bond donors (Lipinski definition) is 2. The number of nitrogens with one attached hydrogen (secondary N) is 1. The number of pyridine rings is 1. The Morgan fingerprint density at radius 2 is 1.83 bits per heavy atom. The fourth-order valence-corrected chi connectivity index (χ4v) is 2.70. The zero-order chi connectivity index (χ0) is 16.2. The van der Waals surface area contributed by atoms with E-state index in [2.05, 4.69) is 47.3 Å². The van der Waals surface area contributed by atoms with Crippen molar-refractivity contribution in [2.75, 3.05) is 5.32 Å². The lowest BCUT2D eigenvalue weighted by Crippen LogP contribution is -2.22. The Labute approximate surface area is 136 Å². The van der Waals surface area contributed by atoms with Crippen LogP contribution < -0.4 is 11.1 Å². The molecule has 1 heterocycles. The van der Waals surface area contributed by atoms with Gasteiger partial charge in [0.25, 0.3) is 0 Å². The van der Waals surface area contributed by atoms with Gasteiger partial charge in [0.15, 0.2) is 5.96 Å². The van der Waals surface area contributed by atoms with E-state index in [9.17, 15) is 0 Å². The molecule has 0 amide bonds. The first-order valence-electron chi connectivity index (χ1n) is 7.60. The predicted octanol–water partition coefficient (Wildman–Crippen LogP) is 3.78. The summed E-state index contributed by atoms with van der Waals surface area (Å²) in [4.78, 5) is 8.84. The topological polar surface area (TPSA) is 63.3 Å². The summed E-state index contributed by atoms with van der Waals surface area (Å²) < 4.78 is 0. The van der Waals surface area contributed by atoms with Crippen molar-refractivity contribution in [2.45, 2.75) is 20.4 Å². The molecule has 0 saturated heterocycles. The monoisotopic (exact) mass is 304 g/mol. The maximum atomic E-state index is 6.01. The van der Waals surface area contributed by atoms with E-state index in [0.29, 0.717) is 12.5 Å². The molecule has 2 aromatic carbocycles. The van der Waals surface area contributed by atoms with Gasteiger partial charge in [-0.15, -0.1) is 0 Å². The van der Waals surface area contributed by atoms with Crippen molar-refractivity contribution in [1.29, 1.82) is 0 Å². The van der Waals surface area contributed by atoms with Gasteiger partial charge < -0.3 is 11.1 Å². The summed E-state index contributed by atoms with van der Waals surface area (Å²) in [5.41, 5.74) is 10.3. The second-order valence-electron chi connectivity index (χ2n) is 5.68. The molecule has 116 valence electrons. The van der Waals surface area contributed by atoms with Gasteiger partial charge in [-0.3, -0.25) is 4.98 Å². The number of rotatable bonds is 3. The van der Waals surface area contributed by atoms with Crippen LogP contribution in [-0.4, -0.2) is 10.9 Å². The molecule has 0 aliphatic carbocycles. The van der Waals surface area contributed by atoms with E-state index < -0.39 is 0 Å². The van der Waals surface area contributed by atoms with Crippen LogP contribution in [0.4, 0.5) is 5.69 Å². The lowest BCUT2D eigenvalue weighted by molar-refractivity contribution is 1.00. The van der Waals surface area contributed by atoms with Gasteiger partial charge in [-0.2, -0.15) is 0 Å². The molecule has 3 aromatic rings. The number of fused-ring (bicyclic) bond motifs is 1. The number of nitrogens with zero attached hydrogens (tertiary/aromatic N) is 2.